The van der Waals surface area contributed by atoms with Gasteiger partial charge in [-0.25, -0.2) is 9.97 Å². The van der Waals surface area contributed by atoms with E-state index in [0.717, 1.165) is 32.5 Å². The summed E-state index contributed by atoms with van der Waals surface area (Å²) in [6.07, 6.45) is 4.06. The Bertz CT molecular complexity index is 1330. The fourth-order valence-electron chi connectivity index (χ4n) is 4.22. The lowest BCUT2D eigenvalue weighted by atomic mass is 10.0. The molecular formula is C26H30BrN5O3. The van der Waals surface area contributed by atoms with Gasteiger partial charge in [0.15, 0.2) is 5.82 Å². The number of nitrogens with zero attached hydrogens (tertiary/aromatic N) is 3. The number of halogens is 1. The first kappa shape index (κ1) is 24.9. The lowest BCUT2D eigenvalue weighted by Crippen LogP contribution is -2.25. The number of nitrogens with one attached hydrogen (secondary N) is 2. The van der Waals surface area contributed by atoms with E-state index in [0.29, 0.717) is 30.5 Å². The molecule has 0 radical (unpaired) electrons. The average Bonchev–Trinajstić information content (AvgIpc) is 3.53. The molecule has 1 atom stereocenters. The molecule has 8 nitrogen and oxygen atoms in total. The Kier molecular flexibility index (Phi) is 7.57. The molecule has 184 valence electrons. The molecule has 0 saturated carbocycles. The fraction of sp³-hybridized carbons (Fsp3) is 0.346. The molecule has 0 saturated heterocycles. The van der Waals surface area contributed by atoms with Crippen molar-refractivity contribution in [1.82, 2.24) is 24.8 Å². The zero-order chi connectivity index (χ0) is 25.1. The number of benzene rings is 2. The van der Waals surface area contributed by atoms with Gasteiger partial charge in [-0.05, 0) is 45.5 Å². The highest BCUT2D eigenvalue weighted by Gasteiger charge is 2.26. The average molecular weight is 540 g/mol. The predicted molar refractivity (Wildman–Crippen MR) is 140 cm³/mol. The highest BCUT2D eigenvalue weighted by molar-refractivity contribution is 9.10. The highest BCUT2D eigenvalue weighted by atomic mass is 79.9. The largest absolute Gasteiger partial charge is 0.494 e. The van der Waals surface area contributed by atoms with Crippen molar-refractivity contribution in [3.8, 4) is 17.1 Å². The number of carbonyl (C=O) groups excluding carboxylic acids is 1. The van der Waals surface area contributed by atoms with Gasteiger partial charge in [0.05, 0.1) is 17.6 Å². The van der Waals surface area contributed by atoms with Crippen LogP contribution in [0.15, 0.2) is 47.2 Å². The van der Waals surface area contributed by atoms with Gasteiger partial charge in [0.1, 0.15) is 22.6 Å². The number of fused-ring (bicyclic) bond motifs is 1. The van der Waals surface area contributed by atoms with Crippen molar-refractivity contribution in [2.45, 2.75) is 32.2 Å². The molecule has 2 aromatic heterocycles. The summed E-state index contributed by atoms with van der Waals surface area (Å²) < 4.78 is 13.8. The minimum atomic E-state index is -0.256. The maximum atomic E-state index is 12.5. The Balaban J connectivity index is 1.85. The molecule has 2 heterocycles. The minimum Gasteiger partial charge on any atom is -0.494 e. The van der Waals surface area contributed by atoms with E-state index in [-0.39, 0.29) is 11.9 Å². The van der Waals surface area contributed by atoms with Crippen LogP contribution in [-0.4, -0.2) is 53.3 Å². The molecule has 0 aliphatic rings. The van der Waals surface area contributed by atoms with Crippen molar-refractivity contribution in [3.63, 3.8) is 0 Å². The molecule has 0 aliphatic heterocycles. The third-order valence-electron chi connectivity index (χ3n) is 6.16. The summed E-state index contributed by atoms with van der Waals surface area (Å²) >= 11 is 3.81. The lowest BCUT2D eigenvalue weighted by molar-refractivity contribution is 0.0945. The standard InChI is InChI=1S/C26H30BrN5O3/c1-15(2)16-6-8-17(9-7-16)24-30-22-20(35-5)14-18(21(27)23(22)31-24)19(10-13-34-4)32-12-11-29-25(32)26(33)28-3/h6-9,11-12,14-15,19H,10,13H2,1-5H3,(H,28,33)(H,30,31). The number of H-pyrrole nitrogens is 1. The Morgan fingerprint density at radius 2 is 1.97 bits per heavy atom. The van der Waals surface area contributed by atoms with Gasteiger partial charge >= 0.3 is 0 Å². The van der Waals surface area contributed by atoms with E-state index in [4.69, 9.17) is 14.5 Å². The van der Waals surface area contributed by atoms with E-state index in [1.807, 2.05) is 10.6 Å². The van der Waals surface area contributed by atoms with Gasteiger partial charge in [-0.2, -0.15) is 0 Å². The lowest BCUT2D eigenvalue weighted by Gasteiger charge is -2.23. The molecule has 0 spiro atoms. The molecule has 4 aromatic rings. The van der Waals surface area contributed by atoms with Gasteiger partial charge in [-0.15, -0.1) is 0 Å². The third-order valence-corrected chi connectivity index (χ3v) is 6.99. The van der Waals surface area contributed by atoms with Crippen molar-refractivity contribution >= 4 is 32.9 Å². The maximum Gasteiger partial charge on any atom is 0.287 e. The molecule has 9 heteroatoms. The molecule has 1 unspecified atom stereocenters. The number of rotatable bonds is 9. The molecule has 2 aromatic carbocycles. The van der Waals surface area contributed by atoms with E-state index in [1.165, 1.54) is 5.56 Å². The van der Waals surface area contributed by atoms with Gasteiger partial charge in [0.25, 0.3) is 5.91 Å². The van der Waals surface area contributed by atoms with Crippen LogP contribution in [0.4, 0.5) is 0 Å². The third kappa shape index (κ3) is 4.83. The summed E-state index contributed by atoms with van der Waals surface area (Å²) in [4.78, 5) is 25.1. The van der Waals surface area contributed by atoms with E-state index in [9.17, 15) is 4.79 Å². The number of imidazole rings is 2. The maximum absolute atomic E-state index is 12.5. The van der Waals surface area contributed by atoms with Gasteiger partial charge in [-0.3, -0.25) is 4.79 Å². The normalized spacial score (nSPS) is 12.3. The topological polar surface area (TPSA) is 94.1 Å². The second-order valence-corrected chi connectivity index (χ2v) is 9.40. The number of aromatic nitrogens is 4. The summed E-state index contributed by atoms with van der Waals surface area (Å²) in [7, 11) is 4.89. The van der Waals surface area contributed by atoms with Crippen molar-refractivity contribution < 1.29 is 14.3 Å². The predicted octanol–water partition coefficient (Wildman–Crippen LogP) is 5.31. The number of amides is 1. The number of methoxy groups -OCH3 is 2. The second-order valence-electron chi connectivity index (χ2n) is 8.60. The fourth-order valence-corrected chi connectivity index (χ4v) is 4.88. The van der Waals surface area contributed by atoms with Crippen LogP contribution in [-0.2, 0) is 4.74 Å². The molecule has 0 fully saturated rings. The summed E-state index contributed by atoms with van der Waals surface area (Å²) in [6, 6.07) is 10.2. The van der Waals surface area contributed by atoms with Gasteiger partial charge < -0.3 is 24.3 Å². The van der Waals surface area contributed by atoms with E-state index < -0.39 is 0 Å². The van der Waals surface area contributed by atoms with Gasteiger partial charge in [-0.1, -0.05) is 38.1 Å². The Morgan fingerprint density at radius 1 is 1.23 bits per heavy atom. The first-order chi connectivity index (χ1) is 16.9. The highest BCUT2D eigenvalue weighted by Crippen LogP contribution is 2.40. The SMILES string of the molecule is CNC(=O)c1nccn1C(CCOC)c1cc(OC)c2[nH]c(-c3ccc(C(C)C)cc3)nc2c1Br. The summed E-state index contributed by atoms with van der Waals surface area (Å²) in [5.41, 5.74) is 4.75. The molecule has 0 bridgehead atoms. The Hall–Kier alpha value is -3.17. The zero-order valence-corrected chi connectivity index (χ0v) is 22.1. The van der Waals surface area contributed by atoms with Crippen LogP contribution >= 0.6 is 15.9 Å². The van der Waals surface area contributed by atoms with Crippen LogP contribution in [0.1, 0.15) is 54.0 Å². The van der Waals surface area contributed by atoms with Crippen LogP contribution in [0.3, 0.4) is 0 Å². The summed E-state index contributed by atoms with van der Waals surface area (Å²) in [5, 5.41) is 2.66. The van der Waals surface area contributed by atoms with Gasteiger partial charge in [0, 0.05) is 38.7 Å². The molecule has 0 aliphatic carbocycles. The Labute approximate surface area is 213 Å². The number of hydrogen-bond donors (Lipinski definition) is 2. The van der Waals surface area contributed by atoms with Crippen LogP contribution in [0.2, 0.25) is 0 Å². The number of aromatic amines is 1. The van der Waals surface area contributed by atoms with Gasteiger partial charge in [0.2, 0.25) is 0 Å². The number of ether oxygens (including phenoxy) is 2. The number of hydrogen-bond acceptors (Lipinski definition) is 5. The molecular weight excluding hydrogens is 510 g/mol. The molecule has 35 heavy (non-hydrogen) atoms. The molecule has 4 rings (SSSR count). The van der Waals surface area contributed by atoms with Crippen LogP contribution in [0.5, 0.6) is 5.75 Å². The minimum absolute atomic E-state index is 0.233. The Morgan fingerprint density at radius 3 is 2.60 bits per heavy atom. The van der Waals surface area contributed by atoms with Crippen LogP contribution < -0.4 is 10.1 Å². The smallest absolute Gasteiger partial charge is 0.287 e. The first-order valence-electron chi connectivity index (χ1n) is 11.5. The van der Waals surface area contributed by atoms with E-state index in [1.54, 1.807) is 33.7 Å². The quantitative estimate of drug-likeness (QED) is 0.300. The van der Waals surface area contributed by atoms with Crippen LogP contribution in [0.25, 0.3) is 22.4 Å². The summed E-state index contributed by atoms with van der Waals surface area (Å²) in [6.45, 7) is 4.85. The molecule has 1 amide bonds. The van der Waals surface area contributed by atoms with Crippen molar-refractivity contribution in [2.24, 2.45) is 0 Å². The van der Waals surface area contributed by atoms with E-state index in [2.05, 4.69) is 69.3 Å². The van der Waals surface area contributed by atoms with Crippen molar-refractivity contribution in [1.29, 1.82) is 0 Å². The molecule has 2 N–H and O–H groups in total. The number of carbonyl (C=O) groups is 1. The van der Waals surface area contributed by atoms with Crippen LogP contribution in [0, 0.1) is 0 Å². The van der Waals surface area contributed by atoms with Crippen molar-refractivity contribution in [3.05, 3.63) is 64.1 Å². The van der Waals surface area contributed by atoms with E-state index >= 15 is 0 Å². The first-order valence-corrected chi connectivity index (χ1v) is 12.3. The monoisotopic (exact) mass is 539 g/mol. The summed E-state index contributed by atoms with van der Waals surface area (Å²) in [5.74, 6) is 1.96. The van der Waals surface area contributed by atoms with Crippen molar-refractivity contribution in [2.75, 3.05) is 27.9 Å². The second kappa shape index (κ2) is 10.6. The zero-order valence-electron chi connectivity index (χ0n) is 20.6.